The lowest BCUT2D eigenvalue weighted by atomic mass is 9.96. The molecule has 8 heteroatoms. The third kappa shape index (κ3) is 6.07. The van der Waals surface area contributed by atoms with Gasteiger partial charge in [0.1, 0.15) is 0 Å². The zero-order valence-corrected chi connectivity index (χ0v) is 18.0. The van der Waals surface area contributed by atoms with Crippen molar-refractivity contribution in [1.82, 2.24) is 10.2 Å². The molecule has 4 rings (SSSR count). The minimum Gasteiger partial charge on any atom is -0.369 e. The van der Waals surface area contributed by atoms with Gasteiger partial charge in [0.2, 0.25) is 5.91 Å². The molecule has 0 unspecified atom stereocenters. The van der Waals surface area contributed by atoms with Crippen LogP contribution in [-0.2, 0) is 11.3 Å². The number of primary amides is 1. The fourth-order valence-electron chi connectivity index (χ4n) is 3.90. The molecule has 0 radical (unpaired) electrons. The lowest BCUT2D eigenvalue weighted by Crippen LogP contribution is -2.38. The van der Waals surface area contributed by atoms with Crippen LogP contribution in [0.1, 0.15) is 41.6 Å². The number of hydrogen-bond acceptors (Lipinski definition) is 4. The average molecular weight is 436 g/mol. The molecule has 1 heterocycles. The highest BCUT2D eigenvalue weighted by atomic mass is 16.2. The first-order chi connectivity index (χ1) is 15.5. The van der Waals surface area contributed by atoms with Gasteiger partial charge in [-0.2, -0.15) is 0 Å². The van der Waals surface area contributed by atoms with E-state index in [0.717, 1.165) is 50.9 Å². The molecule has 168 valence electrons. The summed E-state index contributed by atoms with van der Waals surface area (Å²) in [7, 11) is 0. The molecule has 2 fully saturated rings. The third-order valence-electron chi connectivity index (χ3n) is 5.88. The first kappa shape index (κ1) is 21.8. The Bertz CT molecular complexity index is 997. The van der Waals surface area contributed by atoms with Crippen molar-refractivity contribution in [2.45, 2.75) is 38.3 Å². The summed E-state index contributed by atoms with van der Waals surface area (Å²) in [6.07, 6.45) is 3.60. The van der Waals surface area contributed by atoms with Gasteiger partial charge in [-0.15, -0.1) is 0 Å². The molecule has 1 aliphatic carbocycles. The van der Waals surface area contributed by atoms with Crippen LogP contribution in [0.25, 0.3) is 0 Å². The van der Waals surface area contributed by atoms with Crippen molar-refractivity contribution in [2.24, 2.45) is 11.7 Å². The molecule has 0 aromatic heterocycles. The summed E-state index contributed by atoms with van der Waals surface area (Å²) in [5, 5.41) is 8.57. The Kier molecular flexibility index (Phi) is 6.70. The van der Waals surface area contributed by atoms with Crippen molar-refractivity contribution < 1.29 is 14.4 Å². The summed E-state index contributed by atoms with van der Waals surface area (Å²) in [4.78, 5) is 38.3. The molecule has 8 nitrogen and oxygen atoms in total. The molecular weight excluding hydrogens is 406 g/mol. The number of anilines is 2. The highest BCUT2D eigenvalue weighted by molar-refractivity contribution is 6.05. The van der Waals surface area contributed by atoms with E-state index >= 15 is 0 Å². The van der Waals surface area contributed by atoms with Crippen LogP contribution < -0.4 is 21.7 Å². The molecule has 4 amide bonds. The van der Waals surface area contributed by atoms with Gasteiger partial charge < -0.3 is 21.7 Å². The van der Waals surface area contributed by atoms with Gasteiger partial charge in [0.15, 0.2) is 0 Å². The second kappa shape index (κ2) is 9.82. The van der Waals surface area contributed by atoms with Crippen LogP contribution in [0.3, 0.4) is 0 Å². The zero-order chi connectivity index (χ0) is 22.5. The molecule has 0 spiro atoms. The standard InChI is InChI=1S/C24H29N5O3/c25-22(30)17-9-11-29(12-10-17)15-16-3-1-5-20(13-16)26-23(31)18-4-2-6-21(14-18)28-24(32)27-19-7-8-19/h1-6,13-14,17,19H,7-12,15H2,(H2,25,30)(H,26,31)(H2,27,28,32). The number of benzene rings is 2. The maximum atomic E-state index is 12.7. The average Bonchev–Trinajstić information content (AvgIpc) is 3.58. The highest BCUT2D eigenvalue weighted by Gasteiger charge is 2.24. The van der Waals surface area contributed by atoms with Crippen molar-refractivity contribution >= 4 is 29.2 Å². The van der Waals surface area contributed by atoms with Gasteiger partial charge in [0, 0.05) is 35.4 Å². The number of nitrogens with one attached hydrogen (secondary N) is 3. The Morgan fingerprint density at radius 1 is 0.906 bits per heavy atom. The molecule has 5 N–H and O–H groups in total. The van der Waals surface area contributed by atoms with Crippen LogP contribution in [0, 0.1) is 5.92 Å². The van der Waals surface area contributed by atoms with Gasteiger partial charge in [-0.25, -0.2) is 4.79 Å². The quantitative estimate of drug-likeness (QED) is 0.535. The largest absolute Gasteiger partial charge is 0.369 e. The van der Waals surface area contributed by atoms with Crippen molar-refractivity contribution in [3.05, 3.63) is 59.7 Å². The van der Waals surface area contributed by atoms with E-state index in [4.69, 9.17) is 5.73 Å². The molecule has 0 bridgehead atoms. The van der Waals surface area contributed by atoms with Gasteiger partial charge in [0.05, 0.1) is 0 Å². The summed E-state index contributed by atoms with van der Waals surface area (Å²) >= 11 is 0. The maximum Gasteiger partial charge on any atom is 0.319 e. The Morgan fingerprint density at radius 3 is 2.28 bits per heavy atom. The van der Waals surface area contributed by atoms with Gasteiger partial charge >= 0.3 is 6.03 Å². The second-order valence-corrected chi connectivity index (χ2v) is 8.56. The molecule has 1 saturated heterocycles. The van der Waals surface area contributed by atoms with E-state index in [0.29, 0.717) is 16.9 Å². The number of amides is 4. The fourth-order valence-corrected chi connectivity index (χ4v) is 3.90. The van der Waals surface area contributed by atoms with Gasteiger partial charge in [-0.3, -0.25) is 14.5 Å². The van der Waals surface area contributed by atoms with Crippen LogP contribution in [0.2, 0.25) is 0 Å². The Morgan fingerprint density at radius 2 is 1.59 bits per heavy atom. The Balaban J connectivity index is 1.33. The van der Waals surface area contributed by atoms with E-state index in [2.05, 4.69) is 20.9 Å². The van der Waals surface area contributed by atoms with E-state index < -0.39 is 0 Å². The second-order valence-electron chi connectivity index (χ2n) is 8.56. The normalized spacial score (nSPS) is 16.9. The van der Waals surface area contributed by atoms with Crippen LogP contribution in [0.15, 0.2) is 48.5 Å². The maximum absolute atomic E-state index is 12.7. The van der Waals surface area contributed by atoms with Crippen LogP contribution in [0.5, 0.6) is 0 Å². The molecule has 2 aromatic rings. The number of piperidine rings is 1. The lowest BCUT2D eigenvalue weighted by molar-refractivity contribution is -0.123. The lowest BCUT2D eigenvalue weighted by Gasteiger charge is -2.30. The van der Waals surface area contributed by atoms with Gasteiger partial charge in [-0.1, -0.05) is 18.2 Å². The van der Waals surface area contributed by atoms with Crippen LogP contribution in [0.4, 0.5) is 16.2 Å². The van der Waals surface area contributed by atoms with E-state index in [-0.39, 0.29) is 29.8 Å². The number of rotatable bonds is 7. The highest BCUT2D eigenvalue weighted by Crippen LogP contribution is 2.21. The first-order valence-electron chi connectivity index (χ1n) is 11.1. The zero-order valence-electron chi connectivity index (χ0n) is 18.0. The van der Waals surface area contributed by atoms with Crippen molar-refractivity contribution in [3.8, 4) is 0 Å². The van der Waals surface area contributed by atoms with Crippen molar-refractivity contribution in [1.29, 1.82) is 0 Å². The molecule has 0 atom stereocenters. The monoisotopic (exact) mass is 435 g/mol. The number of nitrogens with two attached hydrogens (primary N) is 1. The minimum absolute atomic E-state index is 0.0260. The van der Waals surface area contributed by atoms with E-state index in [1.807, 2.05) is 24.3 Å². The summed E-state index contributed by atoms with van der Waals surface area (Å²) in [6, 6.07) is 14.6. The molecular formula is C24H29N5O3. The van der Waals surface area contributed by atoms with Gasteiger partial charge in [-0.05, 0) is 74.7 Å². The van der Waals surface area contributed by atoms with Gasteiger partial charge in [0.25, 0.3) is 5.91 Å². The third-order valence-corrected chi connectivity index (χ3v) is 5.88. The van der Waals surface area contributed by atoms with Crippen LogP contribution in [-0.4, -0.2) is 41.9 Å². The molecule has 1 saturated carbocycles. The van der Waals surface area contributed by atoms with E-state index in [9.17, 15) is 14.4 Å². The number of likely N-dealkylation sites (tertiary alicyclic amines) is 1. The van der Waals surface area contributed by atoms with E-state index in [1.54, 1.807) is 24.3 Å². The molecule has 32 heavy (non-hydrogen) atoms. The number of nitrogens with zero attached hydrogens (tertiary/aromatic N) is 1. The molecule has 2 aromatic carbocycles. The predicted octanol–water partition coefficient (Wildman–Crippen LogP) is 2.92. The molecule has 1 aliphatic heterocycles. The number of hydrogen-bond donors (Lipinski definition) is 4. The summed E-state index contributed by atoms with van der Waals surface area (Å²) in [5.41, 5.74) is 8.25. The summed E-state index contributed by atoms with van der Waals surface area (Å²) in [6.45, 7) is 2.42. The summed E-state index contributed by atoms with van der Waals surface area (Å²) < 4.78 is 0. The number of carbonyl (C=O) groups excluding carboxylic acids is 3. The van der Waals surface area contributed by atoms with Crippen molar-refractivity contribution in [2.75, 3.05) is 23.7 Å². The fraction of sp³-hybridized carbons (Fsp3) is 0.375. The minimum atomic E-state index is -0.252. The van der Waals surface area contributed by atoms with Crippen LogP contribution >= 0.6 is 0 Å². The topological polar surface area (TPSA) is 117 Å². The predicted molar refractivity (Wildman–Crippen MR) is 123 cm³/mol. The summed E-state index contributed by atoms with van der Waals surface area (Å²) in [5.74, 6) is -0.477. The number of carbonyl (C=O) groups is 3. The first-order valence-corrected chi connectivity index (χ1v) is 11.1. The molecule has 2 aliphatic rings. The Hall–Kier alpha value is -3.39. The SMILES string of the molecule is NC(=O)C1CCN(Cc2cccc(NC(=O)c3cccc(NC(=O)NC4CC4)c3)c2)CC1. The number of urea groups is 1. The Labute approximate surface area is 187 Å². The van der Waals surface area contributed by atoms with E-state index in [1.165, 1.54) is 0 Å². The smallest absolute Gasteiger partial charge is 0.319 e. The van der Waals surface area contributed by atoms with Crippen molar-refractivity contribution in [3.63, 3.8) is 0 Å².